The minimum Gasteiger partial charge on any atom is -0.481 e. The van der Waals surface area contributed by atoms with Gasteiger partial charge in [-0.1, -0.05) is 11.6 Å². The van der Waals surface area contributed by atoms with E-state index in [2.05, 4.69) is 4.98 Å². The van der Waals surface area contributed by atoms with Crippen molar-refractivity contribution in [3.05, 3.63) is 35.0 Å². The Labute approximate surface area is 91.9 Å². The Hall–Kier alpha value is -1.79. The zero-order chi connectivity index (χ0) is 10.8. The van der Waals surface area contributed by atoms with Gasteiger partial charge in [0.15, 0.2) is 0 Å². The molecule has 0 spiro atoms. The van der Waals surface area contributed by atoms with Crippen molar-refractivity contribution in [2.45, 2.75) is 0 Å². The van der Waals surface area contributed by atoms with Gasteiger partial charge < -0.3 is 4.74 Å². The average Bonchev–Trinajstić information content (AvgIpc) is 2.26. The Morgan fingerprint density at radius 1 is 1.40 bits per heavy atom. The summed E-state index contributed by atoms with van der Waals surface area (Å²) in [7, 11) is 1.53. The lowest BCUT2D eigenvalue weighted by atomic mass is 10.1. The smallest absolute Gasteiger partial charge is 0.222 e. The predicted octanol–water partition coefficient (Wildman–Crippen LogP) is 2.77. The molecule has 74 valence electrons. The number of nitriles is 1. The molecule has 1 heterocycles. The topological polar surface area (TPSA) is 45.9 Å². The van der Waals surface area contributed by atoms with Crippen molar-refractivity contribution in [3.8, 4) is 11.9 Å². The predicted molar refractivity (Wildman–Crippen MR) is 58.0 cm³/mol. The van der Waals surface area contributed by atoms with Crippen molar-refractivity contribution < 1.29 is 4.74 Å². The van der Waals surface area contributed by atoms with Gasteiger partial charge in [0, 0.05) is 10.4 Å². The van der Waals surface area contributed by atoms with E-state index in [1.54, 1.807) is 18.2 Å². The molecule has 0 aliphatic carbocycles. The highest BCUT2D eigenvalue weighted by Crippen LogP contribution is 2.26. The molecule has 0 fully saturated rings. The van der Waals surface area contributed by atoms with Crippen LogP contribution in [0.3, 0.4) is 0 Å². The number of hydrogen-bond acceptors (Lipinski definition) is 3. The molecule has 2 aromatic rings. The maximum atomic E-state index is 8.79. The van der Waals surface area contributed by atoms with Gasteiger partial charge in [0.25, 0.3) is 0 Å². The van der Waals surface area contributed by atoms with Gasteiger partial charge in [0.05, 0.1) is 7.11 Å². The zero-order valence-electron chi connectivity index (χ0n) is 7.99. The first-order chi connectivity index (χ1) is 7.24. The normalized spacial score (nSPS) is 9.93. The molecule has 3 nitrogen and oxygen atoms in total. The van der Waals surface area contributed by atoms with E-state index >= 15 is 0 Å². The molecular formula is C11H7ClN2O. The van der Waals surface area contributed by atoms with Crippen LogP contribution in [-0.4, -0.2) is 12.1 Å². The molecule has 0 aliphatic rings. The van der Waals surface area contributed by atoms with Gasteiger partial charge in [-0.25, -0.2) is 4.98 Å². The highest BCUT2D eigenvalue weighted by Gasteiger charge is 2.06. The third kappa shape index (κ3) is 1.72. The Bertz CT molecular complexity index is 560. The van der Waals surface area contributed by atoms with E-state index in [1.165, 1.54) is 7.11 Å². The molecule has 0 saturated carbocycles. The molecule has 2 rings (SSSR count). The molecule has 0 N–H and O–H groups in total. The first kappa shape index (κ1) is 9.75. The lowest BCUT2D eigenvalue weighted by Gasteiger charge is -2.04. The second-order valence-corrected chi connectivity index (χ2v) is 3.43. The lowest BCUT2D eigenvalue weighted by molar-refractivity contribution is 0.403. The highest BCUT2D eigenvalue weighted by atomic mass is 35.5. The fraction of sp³-hybridized carbons (Fsp3) is 0.0909. The number of rotatable bonds is 1. The van der Waals surface area contributed by atoms with Crippen LogP contribution in [0.5, 0.6) is 5.88 Å². The van der Waals surface area contributed by atoms with Crippen LogP contribution < -0.4 is 4.74 Å². The second kappa shape index (κ2) is 3.76. The molecule has 0 aliphatic heterocycles. The van der Waals surface area contributed by atoms with E-state index in [-0.39, 0.29) is 0 Å². The van der Waals surface area contributed by atoms with E-state index < -0.39 is 0 Å². The van der Waals surface area contributed by atoms with Crippen molar-refractivity contribution in [1.29, 1.82) is 5.26 Å². The summed E-state index contributed by atoms with van der Waals surface area (Å²) in [6.07, 6.45) is 0. The van der Waals surface area contributed by atoms with Gasteiger partial charge in [0.1, 0.15) is 11.8 Å². The summed E-state index contributed by atoms with van der Waals surface area (Å²) in [6, 6.07) is 9.03. The molecule has 15 heavy (non-hydrogen) atoms. The number of benzene rings is 1. The molecule has 0 atom stereocenters. The summed E-state index contributed by atoms with van der Waals surface area (Å²) >= 11 is 5.87. The number of hydrogen-bond donors (Lipinski definition) is 0. The largest absolute Gasteiger partial charge is 0.481 e. The number of halogens is 1. The molecule has 0 unspecified atom stereocenters. The maximum absolute atomic E-state index is 8.79. The van der Waals surface area contributed by atoms with Crippen molar-refractivity contribution in [1.82, 2.24) is 4.98 Å². The average molecular weight is 219 g/mol. The summed E-state index contributed by atoms with van der Waals surface area (Å²) in [6.45, 7) is 0. The van der Waals surface area contributed by atoms with Gasteiger partial charge in [-0.15, -0.1) is 0 Å². The molecule has 1 aromatic carbocycles. The van der Waals surface area contributed by atoms with Crippen LogP contribution in [-0.2, 0) is 0 Å². The van der Waals surface area contributed by atoms with Crippen LogP contribution in [0.1, 0.15) is 5.69 Å². The van der Waals surface area contributed by atoms with E-state index in [4.69, 9.17) is 21.6 Å². The van der Waals surface area contributed by atoms with Crippen LogP contribution in [0.25, 0.3) is 10.8 Å². The van der Waals surface area contributed by atoms with Crippen molar-refractivity contribution in [2.24, 2.45) is 0 Å². The fourth-order valence-corrected chi connectivity index (χ4v) is 1.59. The summed E-state index contributed by atoms with van der Waals surface area (Å²) in [5.74, 6) is 0.445. The van der Waals surface area contributed by atoms with Crippen LogP contribution in [0.2, 0.25) is 5.02 Å². The second-order valence-electron chi connectivity index (χ2n) is 2.99. The number of nitrogens with zero attached hydrogens (tertiary/aromatic N) is 2. The third-order valence-electron chi connectivity index (χ3n) is 2.07. The Morgan fingerprint density at radius 3 is 2.87 bits per heavy atom. The lowest BCUT2D eigenvalue weighted by Crippen LogP contribution is -1.92. The number of ether oxygens (including phenoxy) is 1. The monoisotopic (exact) mass is 218 g/mol. The van der Waals surface area contributed by atoms with E-state index in [9.17, 15) is 0 Å². The Balaban J connectivity index is 2.82. The minimum atomic E-state index is 0.321. The third-order valence-corrected chi connectivity index (χ3v) is 2.30. The summed E-state index contributed by atoms with van der Waals surface area (Å²) in [5, 5.41) is 11.1. The van der Waals surface area contributed by atoms with E-state index in [0.717, 1.165) is 10.8 Å². The molecule has 0 radical (unpaired) electrons. The fourth-order valence-electron chi connectivity index (χ4n) is 1.41. The summed E-state index contributed by atoms with van der Waals surface area (Å²) in [4.78, 5) is 4.04. The van der Waals surface area contributed by atoms with E-state index in [0.29, 0.717) is 16.6 Å². The quantitative estimate of drug-likeness (QED) is 0.740. The number of aromatic nitrogens is 1. The van der Waals surface area contributed by atoms with E-state index in [1.807, 2.05) is 12.1 Å². The molecular weight excluding hydrogens is 212 g/mol. The molecule has 0 saturated heterocycles. The van der Waals surface area contributed by atoms with Gasteiger partial charge in [-0.2, -0.15) is 5.26 Å². The Kier molecular flexibility index (Phi) is 2.44. The highest BCUT2D eigenvalue weighted by molar-refractivity contribution is 6.31. The van der Waals surface area contributed by atoms with Gasteiger partial charge in [0.2, 0.25) is 5.88 Å². The van der Waals surface area contributed by atoms with Crippen LogP contribution in [0.4, 0.5) is 0 Å². The first-order valence-electron chi connectivity index (χ1n) is 4.29. The maximum Gasteiger partial charge on any atom is 0.222 e. The van der Waals surface area contributed by atoms with Crippen molar-refractivity contribution >= 4 is 22.4 Å². The van der Waals surface area contributed by atoms with Crippen molar-refractivity contribution in [3.63, 3.8) is 0 Å². The Morgan fingerprint density at radius 2 is 2.20 bits per heavy atom. The minimum absolute atomic E-state index is 0.321. The number of pyridine rings is 1. The SMILES string of the molecule is COc1nc(C#N)cc2cc(Cl)ccc12. The molecule has 4 heteroatoms. The molecule has 0 bridgehead atoms. The van der Waals surface area contributed by atoms with Crippen LogP contribution >= 0.6 is 11.6 Å². The summed E-state index contributed by atoms with van der Waals surface area (Å²) < 4.78 is 5.10. The van der Waals surface area contributed by atoms with Gasteiger partial charge in [-0.3, -0.25) is 0 Å². The standard InChI is InChI=1S/C11H7ClN2O/c1-15-11-10-3-2-8(12)4-7(10)5-9(6-13)14-11/h2-5H,1H3. The zero-order valence-corrected chi connectivity index (χ0v) is 8.75. The summed E-state index contributed by atoms with van der Waals surface area (Å²) in [5.41, 5.74) is 0.321. The molecule has 1 aromatic heterocycles. The van der Waals surface area contributed by atoms with Gasteiger partial charge in [-0.05, 0) is 29.7 Å². The van der Waals surface area contributed by atoms with Crippen molar-refractivity contribution in [2.75, 3.05) is 7.11 Å². The van der Waals surface area contributed by atoms with Crippen LogP contribution in [0, 0.1) is 11.3 Å². The van der Waals surface area contributed by atoms with Gasteiger partial charge >= 0.3 is 0 Å². The van der Waals surface area contributed by atoms with Crippen LogP contribution in [0.15, 0.2) is 24.3 Å². The molecule has 0 amide bonds. The number of methoxy groups -OCH3 is 1. The number of fused-ring (bicyclic) bond motifs is 1. The first-order valence-corrected chi connectivity index (χ1v) is 4.67.